The van der Waals surface area contributed by atoms with Crippen molar-refractivity contribution < 1.29 is 9.90 Å². The molecule has 0 aliphatic carbocycles. The summed E-state index contributed by atoms with van der Waals surface area (Å²) in [6.45, 7) is 6.26. The Balaban J connectivity index is 2.17. The molecule has 0 bridgehead atoms. The topological polar surface area (TPSA) is 45.1 Å². The first-order valence-corrected chi connectivity index (χ1v) is 8.51. The Kier molecular flexibility index (Phi) is 4.75. The monoisotopic (exact) mass is 332 g/mol. The van der Waals surface area contributed by atoms with E-state index in [1.54, 1.807) is 0 Å². The Morgan fingerprint density at radius 3 is 2.36 bits per heavy atom. The molecule has 1 heterocycles. The zero-order chi connectivity index (χ0) is 18.0. The van der Waals surface area contributed by atoms with Gasteiger partial charge >= 0.3 is 0 Å². The molecule has 0 atom stereocenters. The molecular formula is C22H22NO2-. The number of aromatic nitrogens is 1. The molecule has 0 amide bonds. The maximum Gasteiger partial charge on any atom is 0.0531 e. The summed E-state index contributed by atoms with van der Waals surface area (Å²) in [5.74, 6) is -1.02. The van der Waals surface area contributed by atoms with Crippen LogP contribution in [0.2, 0.25) is 0 Å². The molecule has 3 rings (SSSR count). The molecule has 2 aromatic carbocycles. The minimum Gasteiger partial charge on any atom is -0.550 e. The third kappa shape index (κ3) is 3.50. The van der Waals surface area contributed by atoms with Crippen LogP contribution in [0.15, 0.2) is 54.6 Å². The average Bonchev–Trinajstić information content (AvgIpc) is 3.00. The molecule has 0 saturated heterocycles. The molecule has 0 N–H and O–H groups in total. The van der Waals surface area contributed by atoms with Gasteiger partial charge in [0, 0.05) is 17.4 Å². The highest BCUT2D eigenvalue weighted by molar-refractivity contribution is 5.67. The van der Waals surface area contributed by atoms with Gasteiger partial charge in [-0.15, -0.1) is 0 Å². The molecule has 0 aliphatic rings. The Bertz CT molecular complexity index is 904. The number of benzene rings is 2. The van der Waals surface area contributed by atoms with E-state index in [1.165, 1.54) is 16.7 Å². The number of rotatable bonds is 5. The summed E-state index contributed by atoms with van der Waals surface area (Å²) in [7, 11) is 0. The Hall–Kier alpha value is -2.81. The lowest BCUT2D eigenvalue weighted by Gasteiger charge is -2.18. The van der Waals surface area contributed by atoms with E-state index in [0.29, 0.717) is 6.42 Å². The van der Waals surface area contributed by atoms with Crippen molar-refractivity contribution in [3.8, 4) is 16.9 Å². The summed E-state index contributed by atoms with van der Waals surface area (Å²) in [4.78, 5) is 10.9. The quantitative estimate of drug-likeness (QED) is 0.714. The highest BCUT2D eigenvalue weighted by Gasteiger charge is 2.14. The van der Waals surface area contributed by atoms with Crippen molar-refractivity contribution >= 4 is 5.97 Å². The summed E-state index contributed by atoms with van der Waals surface area (Å²) >= 11 is 0. The number of nitrogens with zero attached hydrogens (tertiary/aromatic N) is 1. The fraction of sp³-hybridized carbons (Fsp3) is 0.227. The molecule has 0 fully saturated rings. The molecule has 0 saturated carbocycles. The Labute approximate surface area is 148 Å². The highest BCUT2D eigenvalue weighted by Crippen LogP contribution is 2.30. The molecule has 0 unspecified atom stereocenters. The van der Waals surface area contributed by atoms with Crippen molar-refractivity contribution in [2.45, 2.75) is 33.6 Å². The second-order valence-electron chi connectivity index (χ2n) is 6.50. The molecule has 0 radical (unpaired) electrons. The smallest absolute Gasteiger partial charge is 0.0531 e. The number of carboxylic acids is 1. The molecule has 3 heteroatoms. The van der Waals surface area contributed by atoms with Crippen LogP contribution in [0.25, 0.3) is 16.9 Å². The number of carbonyl (C=O) groups is 1. The number of carbonyl (C=O) groups excluding carboxylic acids is 1. The maximum absolute atomic E-state index is 10.9. The van der Waals surface area contributed by atoms with E-state index >= 15 is 0 Å². The van der Waals surface area contributed by atoms with Crippen LogP contribution < -0.4 is 5.11 Å². The minimum atomic E-state index is -1.02. The van der Waals surface area contributed by atoms with Gasteiger partial charge in [0.05, 0.1) is 5.69 Å². The van der Waals surface area contributed by atoms with Crippen LogP contribution in [-0.2, 0) is 11.2 Å². The van der Waals surface area contributed by atoms with E-state index in [4.69, 9.17) is 0 Å². The first-order valence-electron chi connectivity index (χ1n) is 8.51. The highest BCUT2D eigenvalue weighted by atomic mass is 16.4. The summed E-state index contributed by atoms with van der Waals surface area (Å²) < 4.78 is 2.18. The van der Waals surface area contributed by atoms with Gasteiger partial charge in [-0.1, -0.05) is 42.0 Å². The van der Waals surface area contributed by atoms with Gasteiger partial charge in [0.25, 0.3) is 0 Å². The van der Waals surface area contributed by atoms with Crippen LogP contribution in [0.4, 0.5) is 0 Å². The third-order valence-electron chi connectivity index (χ3n) is 4.71. The fourth-order valence-electron chi connectivity index (χ4n) is 3.12. The normalized spacial score (nSPS) is 10.8. The zero-order valence-electron chi connectivity index (χ0n) is 14.9. The molecule has 3 aromatic rings. The van der Waals surface area contributed by atoms with E-state index in [-0.39, 0.29) is 6.42 Å². The van der Waals surface area contributed by atoms with Gasteiger partial charge in [0.1, 0.15) is 0 Å². The van der Waals surface area contributed by atoms with Crippen LogP contribution in [0.1, 0.15) is 28.8 Å². The van der Waals surface area contributed by atoms with Gasteiger partial charge in [-0.3, -0.25) is 0 Å². The number of hydrogen-bond acceptors (Lipinski definition) is 2. The van der Waals surface area contributed by atoms with Crippen molar-refractivity contribution in [2.24, 2.45) is 0 Å². The van der Waals surface area contributed by atoms with Gasteiger partial charge in [-0.25, -0.2) is 0 Å². The standard InChI is InChI=1S/C22H23NO2/c1-15-7-9-18(10-8-15)21-13-11-19(12-14-22(24)25)23(21)20-6-4-5-16(2)17(20)3/h4-11,13H,12,14H2,1-3H3,(H,24,25)/p-1. The summed E-state index contributed by atoms with van der Waals surface area (Å²) in [6, 6.07) is 18.7. The average molecular weight is 332 g/mol. The van der Waals surface area contributed by atoms with E-state index in [2.05, 4.69) is 67.8 Å². The molecule has 0 aliphatic heterocycles. The lowest BCUT2D eigenvalue weighted by atomic mass is 10.1. The van der Waals surface area contributed by atoms with Crippen LogP contribution in [-0.4, -0.2) is 10.5 Å². The molecule has 128 valence electrons. The minimum absolute atomic E-state index is 0.0161. The maximum atomic E-state index is 10.9. The van der Waals surface area contributed by atoms with Crippen molar-refractivity contribution in [1.29, 1.82) is 0 Å². The van der Waals surface area contributed by atoms with Crippen molar-refractivity contribution in [3.05, 3.63) is 77.0 Å². The van der Waals surface area contributed by atoms with Crippen LogP contribution >= 0.6 is 0 Å². The van der Waals surface area contributed by atoms with E-state index in [9.17, 15) is 9.90 Å². The lowest BCUT2D eigenvalue weighted by Crippen LogP contribution is -2.22. The van der Waals surface area contributed by atoms with Crippen molar-refractivity contribution in [3.63, 3.8) is 0 Å². The van der Waals surface area contributed by atoms with Gasteiger partial charge in [-0.2, -0.15) is 0 Å². The molecule has 3 nitrogen and oxygen atoms in total. The van der Waals surface area contributed by atoms with Gasteiger partial charge in [0.2, 0.25) is 0 Å². The summed E-state index contributed by atoms with van der Waals surface area (Å²) in [5, 5.41) is 10.9. The molecule has 1 aromatic heterocycles. The third-order valence-corrected chi connectivity index (χ3v) is 4.71. The molecular weight excluding hydrogens is 310 g/mol. The first kappa shape index (κ1) is 17.0. The number of carboxylic acid groups (broad SMARTS) is 1. The Morgan fingerprint density at radius 1 is 0.960 bits per heavy atom. The van der Waals surface area contributed by atoms with Gasteiger partial charge < -0.3 is 14.5 Å². The van der Waals surface area contributed by atoms with Crippen molar-refractivity contribution in [1.82, 2.24) is 4.57 Å². The van der Waals surface area contributed by atoms with Gasteiger partial charge in [-0.05, 0) is 68.5 Å². The number of aliphatic carboxylic acids is 1. The summed E-state index contributed by atoms with van der Waals surface area (Å²) in [5.41, 5.74) is 7.88. The van der Waals surface area contributed by atoms with E-state index in [1.807, 2.05) is 12.1 Å². The van der Waals surface area contributed by atoms with Crippen molar-refractivity contribution in [2.75, 3.05) is 0 Å². The van der Waals surface area contributed by atoms with E-state index in [0.717, 1.165) is 22.6 Å². The molecule has 25 heavy (non-hydrogen) atoms. The predicted molar refractivity (Wildman–Crippen MR) is 98.7 cm³/mol. The van der Waals surface area contributed by atoms with Crippen LogP contribution in [0.5, 0.6) is 0 Å². The lowest BCUT2D eigenvalue weighted by molar-refractivity contribution is -0.305. The fourth-order valence-corrected chi connectivity index (χ4v) is 3.12. The predicted octanol–water partition coefficient (Wildman–Crippen LogP) is 3.75. The van der Waals surface area contributed by atoms with E-state index < -0.39 is 5.97 Å². The van der Waals surface area contributed by atoms with Crippen LogP contribution in [0, 0.1) is 20.8 Å². The van der Waals surface area contributed by atoms with Crippen LogP contribution in [0.3, 0.4) is 0 Å². The number of hydrogen-bond donors (Lipinski definition) is 0. The summed E-state index contributed by atoms with van der Waals surface area (Å²) in [6.07, 6.45) is 0.462. The van der Waals surface area contributed by atoms with Gasteiger partial charge in [0.15, 0.2) is 0 Å². The molecule has 0 spiro atoms. The first-order chi connectivity index (χ1) is 12.0. The second-order valence-corrected chi connectivity index (χ2v) is 6.50. The largest absolute Gasteiger partial charge is 0.550 e. The zero-order valence-corrected chi connectivity index (χ0v) is 14.9. The number of aryl methyl sites for hydroxylation is 3. The SMILES string of the molecule is Cc1ccc(-c2ccc(CCC(=O)[O-])n2-c2cccc(C)c2C)cc1. The Morgan fingerprint density at radius 2 is 1.68 bits per heavy atom. The second kappa shape index (κ2) is 6.98.